The number of hydrogen-bond acceptors (Lipinski definition) is 3. The molecule has 0 aliphatic carbocycles. The van der Waals surface area contributed by atoms with Gasteiger partial charge in [-0.05, 0) is 29.8 Å². The number of rotatable bonds is 3. The summed E-state index contributed by atoms with van der Waals surface area (Å²) < 4.78 is 0. The molecule has 1 aromatic rings. The van der Waals surface area contributed by atoms with Crippen LogP contribution in [-0.2, 0) is 0 Å². The maximum atomic E-state index is 10.4. The lowest BCUT2D eigenvalue weighted by Crippen LogP contribution is -1.92. The number of anilines is 1. The minimum atomic E-state index is 0.322. The highest BCUT2D eigenvalue weighted by Crippen LogP contribution is 2.24. The van der Waals surface area contributed by atoms with Gasteiger partial charge in [-0.25, -0.2) is 0 Å². The van der Waals surface area contributed by atoms with E-state index in [1.807, 2.05) is 18.2 Å². The molecule has 3 heteroatoms. The third-order valence-corrected chi connectivity index (χ3v) is 2.04. The van der Waals surface area contributed by atoms with Crippen molar-refractivity contribution in [2.24, 2.45) is 5.18 Å². The molecule has 0 radical (unpaired) electrons. The first-order valence-electron chi connectivity index (χ1n) is 4.22. The Bertz CT molecular complexity index is 384. The smallest absolute Gasteiger partial charge is 0.110 e. The topological polar surface area (TPSA) is 55.5 Å². The van der Waals surface area contributed by atoms with Gasteiger partial charge in [0.1, 0.15) is 5.70 Å². The molecule has 0 spiro atoms. The first-order chi connectivity index (χ1) is 6.70. The number of nitrogens with two attached hydrogens (primary N) is 1. The Labute approximate surface area is 82.9 Å². The Morgan fingerprint density at radius 2 is 2.14 bits per heavy atom. The van der Waals surface area contributed by atoms with Crippen LogP contribution in [0.5, 0.6) is 0 Å². The fourth-order valence-electron chi connectivity index (χ4n) is 1.24. The highest BCUT2D eigenvalue weighted by atomic mass is 16.3. The number of allylic oxidation sites excluding steroid dienone is 2. The van der Waals surface area contributed by atoms with Gasteiger partial charge in [-0.1, -0.05) is 24.8 Å². The minimum absolute atomic E-state index is 0.322. The predicted molar refractivity (Wildman–Crippen MR) is 59.4 cm³/mol. The Balaban J connectivity index is 3.30. The Hall–Kier alpha value is -1.90. The van der Waals surface area contributed by atoms with Crippen molar-refractivity contribution in [3.8, 4) is 0 Å². The molecule has 72 valence electrons. The standard InChI is InChI=1S/C11H12N2O/c1-3-11(13-14)8(2)9-6-4-5-7-10(9)12/h3-7H,1,12H2,2H3/b11-8+. The highest BCUT2D eigenvalue weighted by Gasteiger charge is 2.04. The van der Waals surface area contributed by atoms with E-state index in [-0.39, 0.29) is 0 Å². The Morgan fingerprint density at radius 3 is 2.64 bits per heavy atom. The van der Waals surface area contributed by atoms with Gasteiger partial charge in [-0.15, -0.1) is 4.91 Å². The zero-order chi connectivity index (χ0) is 10.6. The molecule has 0 fully saturated rings. The molecule has 1 rings (SSSR count). The van der Waals surface area contributed by atoms with Gasteiger partial charge in [0.25, 0.3) is 0 Å². The van der Waals surface area contributed by atoms with Crippen LogP contribution < -0.4 is 5.73 Å². The van der Waals surface area contributed by atoms with Crippen molar-refractivity contribution in [3.05, 3.63) is 53.1 Å². The van der Waals surface area contributed by atoms with E-state index in [1.165, 1.54) is 6.08 Å². The molecule has 0 aromatic heterocycles. The van der Waals surface area contributed by atoms with Crippen LogP contribution in [0.15, 0.2) is 47.8 Å². The van der Waals surface area contributed by atoms with Gasteiger partial charge in [0.15, 0.2) is 0 Å². The summed E-state index contributed by atoms with van der Waals surface area (Å²) in [7, 11) is 0. The number of benzene rings is 1. The summed E-state index contributed by atoms with van der Waals surface area (Å²) >= 11 is 0. The number of para-hydroxylation sites is 1. The van der Waals surface area contributed by atoms with Crippen molar-refractivity contribution < 1.29 is 0 Å². The fourth-order valence-corrected chi connectivity index (χ4v) is 1.24. The summed E-state index contributed by atoms with van der Waals surface area (Å²) in [6.45, 7) is 5.31. The van der Waals surface area contributed by atoms with Crippen LogP contribution in [0.1, 0.15) is 12.5 Å². The molecule has 0 atom stereocenters. The molecule has 0 amide bonds. The minimum Gasteiger partial charge on any atom is -0.398 e. The largest absolute Gasteiger partial charge is 0.398 e. The van der Waals surface area contributed by atoms with Gasteiger partial charge >= 0.3 is 0 Å². The summed E-state index contributed by atoms with van der Waals surface area (Å²) in [6, 6.07) is 7.33. The lowest BCUT2D eigenvalue weighted by atomic mass is 10.0. The highest BCUT2D eigenvalue weighted by molar-refractivity contribution is 5.76. The normalized spacial score (nSPS) is 11.8. The Kier molecular flexibility index (Phi) is 3.18. The van der Waals surface area contributed by atoms with Crippen LogP contribution in [0.25, 0.3) is 5.57 Å². The summed E-state index contributed by atoms with van der Waals surface area (Å²) in [6.07, 6.45) is 1.43. The van der Waals surface area contributed by atoms with Crippen molar-refractivity contribution in [3.63, 3.8) is 0 Å². The molecule has 1 aromatic carbocycles. The van der Waals surface area contributed by atoms with E-state index >= 15 is 0 Å². The van der Waals surface area contributed by atoms with Crippen LogP contribution >= 0.6 is 0 Å². The second-order valence-electron chi connectivity index (χ2n) is 2.89. The van der Waals surface area contributed by atoms with Gasteiger partial charge in [0.05, 0.1) is 0 Å². The summed E-state index contributed by atoms with van der Waals surface area (Å²) in [4.78, 5) is 10.4. The summed E-state index contributed by atoms with van der Waals surface area (Å²) in [5.74, 6) is 0. The van der Waals surface area contributed by atoms with Gasteiger partial charge in [0.2, 0.25) is 0 Å². The third-order valence-electron chi connectivity index (χ3n) is 2.04. The molecule has 0 bridgehead atoms. The predicted octanol–water partition coefficient (Wildman–Crippen LogP) is 2.95. The molecule has 0 unspecified atom stereocenters. The van der Waals surface area contributed by atoms with E-state index in [4.69, 9.17) is 5.73 Å². The maximum absolute atomic E-state index is 10.4. The van der Waals surface area contributed by atoms with Crippen LogP contribution in [0, 0.1) is 4.91 Å². The molecule has 0 heterocycles. The molecule has 0 saturated carbocycles. The van der Waals surface area contributed by atoms with Crippen molar-refractivity contribution in [1.82, 2.24) is 0 Å². The number of nitrogen functional groups attached to an aromatic ring is 1. The van der Waals surface area contributed by atoms with Gasteiger partial charge in [-0.3, -0.25) is 0 Å². The van der Waals surface area contributed by atoms with Gasteiger partial charge in [-0.2, -0.15) is 0 Å². The molecule has 3 nitrogen and oxygen atoms in total. The van der Waals surface area contributed by atoms with Crippen molar-refractivity contribution in [1.29, 1.82) is 0 Å². The Morgan fingerprint density at radius 1 is 1.50 bits per heavy atom. The zero-order valence-electron chi connectivity index (χ0n) is 8.03. The molecule has 2 N–H and O–H groups in total. The number of nitroso groups, excluding NO2 is 1. The molecule has 14 heavy (non-hydrogen) atoms. The number of nitrogens with zero attached hydrogens (tertiary/aromatic N) is 1. The second kappa shape index (κ2) is 4.37. The van der Waals surface area contributed by atoms with E-state index in [0.29, 0.717) is 11.4 Å². The molecule has 0 aliphatic heterocycles. The van der Waals surface area contributed by atoms with E-state index in [1.54, 1.807) is 13.0 Å². The van der Waals surface area contributed by atoms with Crippen LogP contribution in [-0.4, -0.2) is 0 Å². The third kappa shape index (κ3) is 1.88. The van der Waals surface area contributed by atoms with Crippen LogP contribution in [0.2, 0.25) is 0 Å². The van der Waals surface area contributed by atoms with E-state index in [9.17, 15) is 4.91 Å². The van der Waals surface area contributed by atoms with Crippen molar-refractivity contribution in [2.75, 3.05) is 5.73 Å². The van der Waals surface area contributed by atoms with Crippen LogP contribution in [0.3, 0.4) is 0 Å². The average molecular weight is 188 g/mol. The average Bonchev–Trinajstić information content (AvgIpc) is 2.20. The molecular weight excluding hydrogens is 176 g/mol. The van der Waals surface area contributed by atoms with E-state index in [2.05, 4.69) is 11.8 Å². The maximum Gasteiger partial charge on any atom is 0.110 e. The lowest BCUT2D eigenvalue weighted by Gasteiger charge is -2.05. The van der Waals surface area contributed by atoms with Gasteiger partial charge < -0.3 is 5.73 Å². The molecular formula is C11H12N2O. The monoisotopic (exact) mass is 188 g/mol. The molecule has 0 aliphatic rings. The summed E-state index contributed by atoms with van der Waals surface area (Å²) in [5, 5.41) is 2.88. The number of hydrogen-bond donors (Lipinski definition) is 1. The first kappa shape index (κ1) is 10.2. The second-order valence-corrected chi connectivity index (χ2v) is 2.89. The summed E-state index contributed by atoms with van der Waals surface area (Å²) in [5.41, 5.74) is 8.28. The zero-order valence-corrected chi connectivity index (χ0v) is 8.03. The quantitative estimate of drug-likeness (QED) is 0.450. The molecule has 0 saturated heterocycles. The van der Waals surface area contributed by atoms with Crippen molar-refractivity contribution in [2.45, 2.75) is 6.92 Å². The van der Waals surface area contributed by atoms with Crippen molar-refractivity contribution >= 4 is 11.3 Å². The lowest BCUT2D eigenvalue weighted by molar-refractivity contribution is 1.37. The van der Waals surface area contributed by atoms with Gasteiger partial charge in [0, 0.05) is 11.3 Å². The van der Waals surface area contributed by atoms with Crippen LogP contribution in [0.4, 0.5) is 5.69 Å². The first-order valence-corrected chi connectivity index (χ1v) is 4.22. The SMILES string of the molecule is C=C/C(N=O)=C(/C)c1ccccc1N. The fraction of sp³-hybridized carbons (Fsp3) is 0.0909. The van der Waals surface area contributed by atoms with E-state index < -0.39 is 0 Å². The van der Waals surface area contributed by atoms with E-state index in [0.717, 1.165) is 11.1 Å².